The normalized spacial score (nSPS) is 11.4. The lowest BCUT2D eigenvalue weighted by Gasteiger charge is -2.25. The second-order valence-electron chi connectivity index (χ2n) is 3.68. The first kappa shape index (κ1) is 10.7. The summed E-state index contributed by atoms with van der Waals surface area (Å²) in [5, 5.41) is 0. The summed E-state index contributed by atoms with van der Waals surface area (Å²) in [6.45, 7) is 3.80. The second-order valence-corrected chi connectivity index (χ2v) is 3.68. The number of rotatable bonds is 3. The van der Waals surface area contributed by atoms with Gasteiger partial charge >= 0.3 is 0 Å². The Kier molecular flexibility index (Phi) is 2.91. The van der Waals surface area contributed by atoms with Gasteiger partial charge in [-0.1, -0.05) is 0 Å². The van der Waals surface area contributed by atoms with Crippen molar-refractivity contribution in [3.8, 4) is 0 Å². The molecule has 0 aliphatic carbocycles. The molecule has 3 nitrogen and oxygen atoms in total. The summed E-state index contributed by atoms with van der Waals surface area (Å²) in [7, 11) is 1.61. The number of nitrogens with two attached hydrogens (primary N) is 1. The third kappa shape index (κ3) is 1.93. The van der Waals surface area contributed by atoms with Gasteiger partial charge in [0.2, 0.25) is 0 Å². The van der Waals surface area contributed by atoms with Crippen molar-refractivity contribution >= 4 is 12.0 Å². The summed E-state index contributed by atoms with van der Waals surface area (Å²) in [6, 6.07) is 5.19. The van der Waals surface area contributed by atoms with Crippen LogP contribution in [0.3, 0.4) is 0 Å². The molecule has 0 unspecified atom stereocenters. The predicted molar refractivity (Wildman–Crippen MR) is 56.3 cm³/mol. The minimum absolute atomic E-state index is 0.494. The molecule has 14 heavy (non-hydrogen) atoms. The molecule has 3 heteroatoms. The molecule has 1 aromatic carbocycles. The molecule has 0 fully saturated rings. The summed E-state index contributed by atoms with van der Waals surface area (Å²) >= 11 is 0. The molecule has 0 heterocycles. The van der Waals surface area contributed by atoms with Gasteiger partial charge in [0, 0.05) is 18.4 Å². The van der Waals surface area contributed by atoms with Gasteiger partial charge in [-0.25, -0.2) is 0 Å². The van der Waals surface area contributed by atoms with Crippen molar-refractivity contribution in [3.63, 3.8) is 0 Å². The molecular formula is C11H15NO2. The van der Waals surface area contributed by atoms with E-state index in [0.717, 1.165) is 11.8 Å². The van der Waals surface area contributed by atoms with E-state index in [-0.39, 0.29) is 0 Å². The third-order valence-corrected chi connectivity index (χ3v) is 2.36. The highest BCUT2D eigenvalue weighted by atomic mass is 16.5. The average molecular weight is 193 g/mol. The third-order valence-electron chi connectivity index (χ3n) is 2.36. The number of methoxy groups -OCH3 is 1. The van der Waals surface area contributed by atoms with Crippen molar-refractivity contribution in [2.45, 2.75) is 19.4 Å². The van der Waals surface area contributed by atoms with Crippen LogP contribution in [0.15, 0.2) is 18.2 Å². The van der Waals surface area contributed by atoms with Gasteiger partial charge in [0.05, 0.1) is 5.60 Å². The van der Waals surface area contributed by atoms with Gasteiger partial charge in [-0.2, -0.15) is 0 Å². The van der Waals surface area contributed by atoms with E-state index in [1.54, 1.807) is 25.3 Å². The molecule has 0 aliphatic rings. The Labute approximate surface area is 83.9 Å². The monoisotopic (exact) mass is 193 g/mol. The minimum Gasteiger partial charge on any atom is -0.399 e. The fraction of sp³-hybridized carbons (Fsp3) is 0.364. The molecule has 0 aliphatic heterocycles. The van der Waals surface area contributed by atoms with Crippen molar-refractivity contribution < 1.29 is 9.53 Å². The van der Waals surface area contributed by atoms with Crippen molar-refractivity contribution in [3.05, 3.63) is 29.3 Å². The Balaban J connectivity index is 3.30. The maximum Gasteiger partial charge on any atom is 0.150 e. The molecule has 1 rings (SSSR count). The quantitative estimate of drug-likeness (QED) is 0.589. The predicted octanol–water partition coefficient (Wildman–Crippen LogP) is 1.96. The number of ether oxygens (including phenoxy) is 1. The summed E-state index contributed by atoms with van der Waals surface area (Å²) in [5.41, 5.74) is 7.23. The molecule has 0 atom stereocenters. The largest absolute Gasteiger partial charge is 0.399 e. The molecule has 76 valence electrons. The van der Waals surface area contributed by atoms with Gasteiger partial charge in [0.25, 0.3) is 0 Å². The fourth-order valence-corrected chi connectivity index (χ4v) is 1.31. The number of carbonyl (C=O) groups excluding carboxylic acids is 1. The van der Waals surface area contributed by atoms with Crippen LogP contribution in [-0.4, -0.2) is 13.4 Å². The van der Waals surface area contributed by atoms with E-state index < -0.39 is 5.60 Å². The molecule has 0 aromatic heterocycles. The zero-order valence-electron chi connectivity index (χ0n) is 8.70. The molecule has 0 saturated carbocycles. The Bertz CT molecular complexity index is 345. The van der Waals surface area contributed by atoms with E-state index in [2.05, 4.69) is 0 Å². The van der Waals surface area contributed by atoms with Crippen LogP contribution >= 0.6 is 0 Å². The van der Waals surface area contributed by atoms with Gasteiger partial charge in [-0.3, -0.25) is 4.79 Å². The summed E-state index contributed by atoms with van der Waals surface area (Å²) in [5.74, 6) is 0. The first-order chi connectivity index (χ1) is 6.51. The van der Waals surface area contributed by atoms with Gasteiger partial charge in [0.1, 0.15) is 6.29 Å². The highest BCUT2D eigenvalue weighted by molar-refractivity contribution is 5.79. The van der Waals surface area contributed by atoms with Gasteiger partial charge in [-0.05, 0) is 37.6 Å². The van der Waals surface area contributed by atoms with Crippen molar-refractivity contribution in [1.82, 2.24) is 0 Å². The van der Waals surface area contributed by atoms with Crippen LogP contribution in [0.2, 0.25) is 0 Å². The average Bonchev–Trinajstić information content (AvgIpc) is 2.18. The van der Waals surface area contributed by atoms with Crippen LogP contribution in [0.25, 0.3) is 0 Å². The van der Waals surface area contributed by atoms with Crippen LogP contribution in [0.5, 0.6) is 0 Å². The highest BCUT2D eigenvalue weighted by Gasteiger charge is 2.22. The van der Waals surface area contributed by atoms with Crippen LogP contribution < -0.4 is 5.73 Å². The maximum absolute atomic E-state index is 10.8. The summed E-state index contributed by atoms with van der Waals surface area (Å²) in [6.07, 6.45) is 0.815. The standard InChI is InChI=1S/C11H15NO2/c1-11(2,14-3)10-6-9(12)5-4-8(10)7-13/h4-7H,12H2,1-3H3. The summed E-state index contributed by atoms with van der Waals surface area (Å²) in [4.78, 5) is 10.8. The molecule has 0 amide bonds. The Morgan fingerprint density at radius 1 is 1.43 bits per heavy atom. The van der Waals surface area contributed by atoms with E-state index >= 15 is 0 Å². The van der Waals surface area contributed by atoms with Crippen molar-refractivity contribution in [2.24, 2.45) is 0 Å². The molecule has 0 radical (unpaired) electrons. The van der Waals surface area contributed by atoms with E-state index in [0.29, 0.717) is 11.3 Å². The molecule has 1 aromatic rings. The zero-order valence-corrected chi connectivity index (χ0v) is 8.70. The maximum atomic E-state index is 10.8. The molecular weight excluding hydrogens is 178 g/mol. The van der Waals surface area contributed by atoms with Gasteiger partial charge < -0.3 is 10.5 Å². The van der Waals surface area contributed by atoms with Crippen LogP contribution in [0.1, 0.15) is 29.8 Å². The van der Waals surface area contributed by atoms with Crippen molar-refractivity contribution in [1.29, 1.82) is 0 Å². The first-order valence-electron chi connectivity index (χ1n) is 4.41. The SMILES string of the molecule is COC(C)(C)c1cc(N)ccc1C=O. The Hall–Kier alpha value is -1.35. The van der Waals surface area contributed by atoms with Crippen LogP contribution in [0, 0.1) is 0 Å². The van der Waals surface area contributed by atoms with Gasteiger partial charge in [-0.15, -0.1) is 0 Å². The van der Waals surface area contributed by atoms with E-state index in [9.17, 15) is 4.79 Å². The zero-order chi connectivity index (χ0) is 10.8. The van der Waals surface area contributed by atoms with Gasteiger partial charge in [0.15, 0.2) is 0 Å². The number of aldehydes is 1. The van der Waals surface area contributed by atoms with E-state index in [1.807, 2.05) is 13.8 Å². The Morgan fingerprint density at radius 2 is 2.07 bits per heavy atom. The molecule has 0 saturated heterocycles. The fourth-order valence-electron chi connectivity index (χ4n) is 1.31. The topological polar surface area (TPSA) is 52.3 Å². The number of hydrogen-bond acceptors (Lipinski definition) is 3. The highest BCUT2D eigenvalue weighted by Crippen LogP contribution is 2.27. The number of carbonyl (C=O) groups is 1. The lowest BCUT2D eigenvalue weighted by Crippen LogP contribution is -2.21. The Morgan fingerprint density at radius 3 is 2.57 bits per heavy atom. The molecule has 0 bridgehead atoms. The molecule has 2 N–H and O–H groups in total. The van der Waals surface area contributed by atoms with E-state index in [1.165, 1.54) is 0 Å². The van der Waals surface area contributed by atoms with Crippen LogP contribution in [0.4, 0.5) is 5.69 Å². The minimum atomic E-state index is -0.494. The second kappa shape index (κ2) is 3.80. The van der Waals surface area contributed by atoms with E-state index in [4.69, 9.17) is 10.5 Å². The first-order valence-corrected chi connectivity index (χ1v) is 4.41. The molecule has 0 spiro atoms. The summed E-state index contributed by atoms with van der Waals surface area (Å²) < 4.78 is 5.31. The lowest BCUT2D eigenvalue weighted by atomic mass is 9.93. The van der Waals surface area contributed by atoms with Crippen LogP contribution in [-0.2, 0) is 10.3 Å². The lowest BCUT2D eigenvalue weighted by molar-refractivity contribution is 0.0187. The number of nitrogen functional groups attached to an aromatic ring is 1. The number of hydrogen-bond donors (Lipinski definition) is 1. The van der Waals surface area contributed by atoms with Crippen molar-refractivity contribution in [2.75, 3.05) is 12.8 Å². The smallest absolute Gasteiger partial charge is 0.150 e. The number of anilines is 1. The number of benzene rings is 1.